The molecule has 0 aliphatic heterocycles. The molecule has 0 bridgehead atoms. The van der Waals surface area contributed by atoms with Gasteiger partial charge in [0.25, 0.3) is 0 Å². The summed E-state index contributed by atoms with van der Waals surface area (Å²) in [5, 5.41) is 7.87. The SMILES string of the molecule is Cc1ccccc1CNC(=O)NCC(=O)NCc1ccco1. The van der Waals surface area contributed by atoms with E-state index in [0.717, 1.165) is 11.1 Å². The van der Waals surface area contributed by atoms with E-state index in [9.17, 15) is 9.59 Å². The van der Waals surface area contributed by atoms with Gasteiger partial charge in [-0.2, -0.15) is 0 Å². The van der Waals surface area contributed by atoms with Crippen molar-refractivity contribution >= 4 is 11.9 Å². The fourth-order valence-corrected chi connectivity index (χ4v) is 1.87. The van der Waals surface area contributed by atoms with Gasteiger partial charge in [0, 0.05) is 6.54 Å². The Morgan fingerprint density at radius 3 is 2.55 bits per heavy atom. The van der Waals surface area contributed by atoms with Gasteiger partial charge in [0.05, 0.1) is 19.4 Å². The highest BCUT2D eigenvalue weighted by Crippen LogP contribution is 2.05. The van der Waals surface area contributed by atoms with E-state index >= 15 is 0 Å². The molecule has 1 aromatic carbocycles. The molecule has 0 saturated heterocycles. The lowest BCUT2D eigenvalue weighted by molar-refractivity contribution is -0.120. The Morgan fingerprint density at radius 2 is 1.82 bits per heavy atom. The molecule has 22 heavy (non-hydrogen) atoms. The largest absolute Gasteiger partial charge is 0.467 e. The van der Waals surface area contributed by atoms with Gasteiger partial charge in [-0.05, 0) is 30.2 Å². The highest BCUT2D eigenvalue weighted by molar-refractivity contribution is 5.83. The van der Waals surface area contributed by atoms with Crippen LogP contribution in [0.3, 0.4) is 0 Å². The fourth-order valence-electron chi connectivity index (χ4n) is 1.87. The zero-order valence-corrected chi connectivity index (χ0v) is 12.4. The first-order chi connectivity index (χ1) is 10.6. The Kier molecular flexibility index (Phi) is 5.59. The second-order valence-electron chi connectivity index (χ2n) is 4.82. The standard InChI is InChI=1S/C16H19N3O3/c1-12-5-2-3-6-13(12)9-18-16(21)19-11-15(20)17-10-14-7-4-8-22-14/h2-8H,9-11H2,1H3,(H,17,20)(H2,18,19,21). The molecule has 0 saturated carbocycles. The number of benzene rings is 1. The van der Waals surface area contributed by atoms with Gasteiger partial charge in [0.1, 0.15) is 5.76 Å². The second kappa shape index (κ2) is 7.87. The van der Waals surface area contributed by atoms with E-state index in [2.05, 4.69) is 16.0 Å². The minimum atomic E-state index is -0.378. The molecule has 2 aromatic rings. The number of carbonyl (C=O) groups is 2. The average molecular weight is 301 g/mol. The van der Waals surface area contributed by atoms with Gasteiger partial charge >= 0.3 is 6.03 Å². The Labute approximate surface area is 128 Å². The molecule has 6 heteroatoms. The second-order valence-corrected chi connectivity index (χ2v) is 4.82. The van der Waals surface area contributed by atoms with Crippen molar-refractivity contribution in [1.82, 2.24) is 16.0 Å². The number of hydrogen-bond acceptors (Lipinski definition) is 3. The number of urea groups is 1. The predicted octanol–water partition coefficient (Wildman–Crippen LogP) is 1.70. The summed E-state index contributed by atoms with van der Waals surface area (Å²) >= 11 is 0. The first-order valence-electron chi connectivity index (χ1n) is 7.00. The summed E-state index contributed by atoms with van der Waals surface area (Å²) in [6.45, 7) is 2.63. The van der Waals surface area contributed by atoms with Crippen LogP contribution >= 0.6 is 0 Å². The minimum Gasteiger partial charge on any atom is -0.467 e. The Morgan fingerprint density at radius 1 is 1.00 bits per heavy atom. The van der Waals surface area contributed by atoms with Gasteiger partial charge in [-0.15, -0.1) is 0 Å². The number of furan rings is 1. The molecule has 116 valence electrons. The van der Waals surface area contributed by atoms with Crippen molar-refractivity contribution in [1.29, 1.82) is 0 Å². The van der Waals surface area contributed by atoms with Gasteiger partial charge in [0.15, 0.2) is 0 Å². The van der Waals surface area contributed by atoms with Crippen molar-refractivity contribution < 1.29 is 14.0 Å². The summed E-state index contributed by atoms with van der Waals surface area (Å²) in [6.07, 6.45) is 1.54. The van der Waals surface area contributed by atoms with Crippen LogP contribution in [0.1, 0.15) is 16.9 Å². The summed E-state index contributed by atoms with van der Waals surface area (Å²) < 4.78 is 5.09. The lowest BCUT2D eigenvalue weighted by atomic mass is 10.1. The monoisotopic (exact) mass is 301 g/mol. The third-order valence-electron chi connectivity index (χ3n) is 3.15. The molecular formula is C16H19N3O3. The molecule has 0 unspecified atom stereocenters. The minimum absolute atomic E-state index is 0.0830. The van der Waals surface area contributed by atoms with E-state index in [-0.39, 0.29) is 18.5 Å². The number of aryl methyl sites for hydroxylation is 1. The summed E-state index contributed by atoms with van der Waals surface area (Å²) in [5.74, 6) is 0.389. The number of carbonyl (C=O) groups excluding carboxylic acids is 2. The summed E-state index contributed by atoms with van der Waals surface area (Å²) in [7, 11) is 0. The van der Waals surface area contributed by atoms with E-state index in [1.807, 2.05) is 31.2 Å². The average Bonchev–Trinajstić information content (AvgIpc) is 3.03. The van der Waals surface area contributed by atoms with Gasteiger partial charge in [0.2, 0.25) is 5.91 Å². The fraction of sp³-hybridized carbons (Fsp3) is 0.250. The molecule has 3 amide bonds. The van der Waals surface area contributed by atoms with Crippen molar-refractivity contribution in [3.8, 4) is 0 Å². The maximum Gasteiger partial charge on any atom is 0.315 e. The molecule has 6 nitrogen and oxygen atoms in total. The Bertz CT molecular complexity index is 623. The smallest absolute Gasteiger partial charge is 0.315 e. The van der Waals surface area contributed by atoms with E-state index in [1.165, 1.54) is 0 Å². The van der Waals surface area contributed by atoms with Crippen LogP contribution in [0.4, 0.5) is 4.79 Å². The van der Waals surface area contributed by atoms with E-state index < -0.39 is 0 Å². The molecule has 0 aliphatic rings. The molecule has 0 radical (unpaired) electrons. The lowest BCUT2D eigenvalue weighted by Gasteiger charge is -2.09. The van der Waals surface area contributed by atoms with Crippen LogP contribution in [0.25, 0.3) is 0 Å². The van der Waals surface area contributed by atoms with E-state index in [0.29, 0.717) is 18.8 Å². The number of amides is 3. The molecule has 0 fully saturated rings. The molecular weight excluding hydrogens is 282 g/mol. The molecule has 1 aromatic heterocycles. The van der Waals surface area contributed by atoms with Crippen molar-refractivity contribution in [3.05, 3.63) is 59.5 Å². The molecule has 0 atom stereocenters. The van der Waals surface area contributed by atoms with Crippen LogP contribution in [0.5, 0.6) is 0 Å². The number of rotatable bonds is 6. The highest BCUT2D eigenvalue weighted by atomic mass is 16.3. The lowest BCUT2D eigenvalue weighted by Crippen LogP contribution is -2.41. The maximum absolute atomic E-state index is 11.6. The molecule has 1 heterocycles. The molecule has 3 N–H and O–H groups in total. The molecule has 0 spiro atoms. The summed E-state index contributed by atoms with van der Waals surface area (Å²) in [5.41, 5.74) is 2.15. The van der Waals surface area contributed by atoms with Crippen molar-refractivity contribution in [2.45, 2.75) is 20.0 Å². The normalized spacial score (nSPS) is 10.0. The number of hydrogen-bond donors (Lipinski definition) is 3. The van der Waals surface area contributed by atoms with Crippen molar-refractivity contribution in [2.24, 2.45) is 0 Å². The van der Waals surface area contributed by atoms with E-state index in [1.54, 1.807) is 18.4 Å². The van der Waals surface area contributed by atoms with Crippen LogP contribution in [0.15, 0.2) is 47.1 Å². The van der Waals surface area contributed by atoms with Gasteiger partial charge in [-0.1, -0.05) is 24.3 Å². The first-order valence-corrected chi connectivity index (χ1v) is 7.00. The summed E-state index contributed by atoms with van der Waals surface area (Å²) in [6, 6.07) is 10.9. The van der Waals surface area contributed by atoms with Gasteiger partial charge in [-0.25, -0.2) is 4.79 Å². The van der Waals surface area contributed by atoms with Crippen LogP contribution < -0.4 is 16.0 Å². The summed E-state index contributed by atoms with van der Waals surface area (Å²) in [4.78, 5) is 23.2. The molecule has 0 aliphatic carbocycles. The van der Waals surface area contributed by atoms with Crippen molar-refractivity contribution in [3.63, 3.8) is 0 Å². The van der Waals surface area contributed by atoms with Crippen LogP contribution in [0.2, 0.25) is 0 Å². The zero-order valence-electron chi connectivity index (χ0n) is 12.4. The van der Waals surface area contributed by atoms with Crippen molar-refractivity contribution in [2.75, 3.05) is 6.54 Å². The first kappa shape index (κ1) is 15.6. The van der Waals surface area contributed by atoms with Crippen LogP contribution in [-0.2, 0) is 17.9 Å². The molecule has 2 rings (SSSR count). The van der Waals surface area contributed by atoms with Crippen LogP contribution in [0, 0.1) is 6.92 Å². The predicted molar refractivity (Wildman–Crippen MR) is 82.0 cm³/mol. The third-order valence-corrected chi connectivity index (χ3v) is 3.15. The van der Waals surface area contributed by atoms with Gasteiger partial charge < -0.3 is 20.4 Å². The third kappa shape index (κ3) is 4.97. The topological polar surface area (TPSA) is 83.4 Å². The maximum atomic E-state index is 11.6. The van der Waals surface area contributed by atoms with Gasteiger partial charge in [-0.3, -0.25) is 4.79 Å². The zero-order chi connectivity index (χ0) is 15.8. The van der Waals surface area contributed by atoms with Crippen LogP contribution in [-0.4, -0.2) is 18.5 Å². The van der Waals surface area contributed by atoms with E-state index in [4.69, 9.17) is 4.42 Å². The Balaban J connectivity index is 1.65. The highest BCUT2D eigenvalue weighted by Gasteiger charge is 2.06. The number of nitrogens with one attached hydrogen (secondary N) is 3. The Hall–Kier alpha value is -2.76. The quantitative estimate of drug-likeness (QED) is 0.759.